The van der Waals surface area contributed by atoms with Gasteiger partial charge >= 0.3 is 0 Å². The van der Waals surface area contributed by atoms with Crippen molar-refractivity contribution in [1.29, 1.82) is 0 Å². The molecule has 1 aromatic carbocycles. The van der Waals surface area contributed by atoms with Crippen LogP contribution in [0.25, 0.3) is 10.9 Å². The molecule has 1 aliphatic heterocycles. The van der Waals surface area contributed by atoms with Crippen molar-refractivity contribution in [3.05, 3.63) is 52.6 Å². The average Bonchev–Trinajstić information content (AvgIpc) is 2.55. The molecule has 0 N–H and O–H groups in total. The minimum atomic E-state index is -0.545. The number of amides is 1. The van der Waals surface area contributed by atoms with E-state index < -0.39 is 6.04 Å². The van der Waals surface area contributed by atoms with Crippen LogP contribution in [0.2, 0.25) is 0 Å². The zero-order chi connectivity index (χ0) is 15.7. The summed E-state index contributed by atoms with van der Waals surface area (Å²) < 4.78 is 1.43. The van der Waals surface area contributed by atoms with Gasteiger partial charge in [0.2, 0.25) is 5.91 Å². The lowest BCUT2D eigenvalue weighted by Crippen LogP contribution is -2.41. The van der Waals surface area contributed by atoms with E-state index >= 15 is 0 Å². The lowest BCUT2D eigenvalue weighted by Gasteiger charge is -2.28. The van der Waals surface area contributed by atoms with Crippen LogP contribution in [-0.2, 0) is 4.79 Å². The van der Waals surface area contributed by atoms with E-state index in [4.69, 9.17) is 0 Å². The predicted molar refractivity (Wildman–Crippen MR) is 85.7 cm³/mol. The van der Waals surface area contributed by atoms with Crippen LogP contribution in [0.4, 0.5) is 0 Å². The second-order valence-electron chi connectivity index (χ2n) is 5.73. The standard InChI is InChI=1S/C17H19N3O2/c1-12-7-9-19(10-8-12)16(21)13(2)20-11-18-15-6-4-3-5-14(15)17(20)22/h3-7,11,13H,8-10H2,1-2H3/t13-/m0/s1. The van der Waals surface area contributed by atoms with Crippen LogP contribution in [0.5, 0.6) is 0 Å². The third-order valence-electron chi connectivity index (χ3n) is 4.21. The highest BCUT2D eigenvalue weighted by atomic mass is 16.2. The average molecular weight is 297 g/mol. The molecular weight excluding hydrogens is 278 g/mol. The second-order valence-corrected chi connectivity index (χ2v) is 5.73. The van der Waals surface area contributed by atoms with Crippen molar-refractivity contribution in [2.24, 2.45) is 0 Å². The summed E-state index contributed by atoms with van der Waals surface area (Å²) in [5.74, 6) is -0.0390. The van der Waals surface area contributed by atoms with Gasteiger partial charge in [0.25, 0.3) is 5.56 Å². The highest BCUT2D eigenvalue weighted by Gasteiger charge is 2.24. The van der Waals surface area contributed by atoms with Crippen LogP contribution in [0.3, 0.4) is 0 Å². The van der Waals surface area contributed by atoms with Crippen molar-refractivity contribution < 1.29 is 4.79 Å². The normalized spacial score (nSPS) is 16.5. The fourth-order valence-electron chi connectivity index (χ4n) is 2.71. The van der Waals surface area contributed by atoms with Gasteiger partial charge in [-0.3, -0.25) is 14.2 Å². The molecule has 2 aromatic rings. The lowest BCUT2D eigenvalue weighted by molar-refractivity contribution is -0.134. The molecule has 0 saturated carbocycles. The van der Waals surface area contributed by atoms with E-state index in [1.54, 1.807) is 30.0 Å². The van der Waals surface area contributed by atoms with Gasteiger partial charge in [-0.1, -0.05) is 23.8 Å². The first kappa shape index (κ1) is 14.5. The van der Waals surface area contributed by atoms with Gasteiger partial charge in [0.05, 0.1) is 17.2 Å². The van der Waals surface area contributed by atoms with Gasteiger partial charge < -0.3 is 4.90 Å². The Kier molecular flexibility index (Phi) is 3.79. The van der Waals surface area contributed by atoms with E-state index in [1.807, 2.05) is 6.07 Å². The number of para-hydroxylation sites is 1. The first-order chi connectivity index (χ1) is 10.6. The molecule has 5 heteroatoms. The van der Waals surface area contributed by atoms with Crippen molar-refractivity contribution in [2.75, 3.05) is 13.1 Å². The Morgan fingerprint density at radius 2 is 2.09 bits per heavy atom. The van der Waals surface area contributed by atoms with E-state index in [0.29, 0.717) is 24.0 Å². The Morgan fingerprint density at radius 3 is 2.82 bits per heavy atom. The monoisotopic (exact) mass is 297 g/mol. The molecule has 5 nitrogen and oxygen atoms in total. The molecule has 2 heterocycles. The van der Waals surface area contributed by atoms with Crippen molar-refractivity contribution >= 4 is 16.8 Å². The van der Waals surface area contributed by atoms with E-state index in [9.17, 15) is 9.59 Å². The molecule has 3 rings (SSSR count). The van der Waals surface area contributed by atoms with Crippen LogP contribution in [-0.4, -0.2) is 33.4 Å². The molecule has 0 radical (unpaired) electrons. The first-order valence-corrected chi connectivity index (χ1v) is 7.48. The second kappa shape index (κ2) is 5.75. The fraction of sp³-hybridized carbons (Fsp3) is 0.353. The highest BCUT2D eigenvalue weighted by Crippen LogP contribution is 2.15. The number of carbonyl (C=O) groups excluding carboxylic acids is 1. The molecule has 1 amide bonds. The van der Waals surface area contributed by atoms with Gasteiger partial charge in [-0.05, 0) is 32.4 Å². The van der Waals surface area contributed by atoms with Crippen LogP contribution < -0.4 is 5.56 Å². The molecule has 0 bridgehead atoms. The molecule has 1 aromatic heterocycles. The molecule has 0 unspecified atom stereocenters. The van der Waals surface area contributed by atoms with E-state index in [2.05, 4.69) is 18.0 Å². The van der Waals surface area contributed by atoms with Crippen LogP contribution in [0.15, 0.2) is 47.0 Å². The summed E-state index contributed by atoms with van der Waals surface area (Å²) in [4.78, 5) is 31.2. The molecule has 0 fully saturated rings. The number of aromatic nitrogens is 2. The maximum atomic E-state index is 12.6. The molecule has 0 spiro atoms. The van der Waals surface area contributed by atoms with Crippen molar-refractivity contribution in [2.45, 2.75) is 26.3 Å². The number of fused-ring (bicyclic) bond motifs is 1. The molecular formula is C17H19N3O2. The molecule has 1 atom stereocenters. The number of carbonyl (C=O) groups is 1. The minimum absolute atomic E-state index is 0.0390. The highest BCUT2D eigenvalue weighted by molar-refractivity contribution is 5.81. The van der Waals surface area contributed by atoms with E-state index in [0.717, 1.165) is 6.42 Å². The number of benzene rings is 1. The lowest BCUT2D eigenvalue weighted by atomic mass is 10.1. The summed E-state index contributed by atoms with van der Waals surface area (Å²) in [5.41, 5.74) is 1.79. The number of hydrogen-bond donors (Lipinski definition) is 0. The summed E-state index contributed by atoms with van der Waals surface area (Å²) in [5, 5.41) is 0.541. The smallest absolute Gasteiger partial charge is 0.261 e. The van der Waals surface area contributed by atoms with Crippen LogP contribution in [0.1, 0.15) is 26.3 Å². The van der Waals surface area contributed by atoms with Crippen LogP contribution >= 0.6 is 0 Å². The zero-order valence-electron chi connectivity index (χ0n) is 12.8. The minimum Gasteiger partial charge on any atom is -0.337 e. The Balaban J connectivity index is 1.92. The van der Waals surface area contributed by atoms with Crippen molar-refractivity contribution in [1.82, 2.24) is 14.5 Å². The first-order valence-electron chi connectivity index (χ1n) is 7.48. The van der Waals surface area contributed by atoms with E-state index in [1.165, 1.54) is 16.5 Å². The number of rotatable bonds is 2. The largest absolute Gasteiger partial charge is 0.337 e. The summed E-state index contributed by atoms with van der Waals surface area (Å²) in [6, 6.07) is 6.64. The van der Waals surface area contributed by atoms with E-state index in [-0.39, 0.29) is 11.5 Å². The van der Waals surface area contributed by atoms with Crippen LogP contribution in [0, 0.1) is 0 Å². The van der Waals surface area contributed by atoms with Crippen molar-refractivity contribution in [3.63, 3.8) is 0 Å². The summed E-state index contributed by atoms with van der Waals surface area (Å²) in [6.45, 7) is 5.15. The predicted octanol–water partition coefficient (Wildman–Crippen LogP) is 2.14. The molecule has 114 valence electrons. The summed E-state index contributed by atoms with van der Waals surface area (Å²) in [7, 11) is 0. The number of hydrogen-bond acceptors (Lipinski definition) is 3. The maximum absolute atomic E-state index is 12.6. The zero-order valence-corrected chi connectivity index (χ0v) is 12.8. The molecule has 0 saturated heterocycles. The summed E-state index contributed by atoms with van der Waals surface area (Å²) >= 11 is 0. The number of nitrogens with zero attached hydrogens (tertiary/aromatic N) is 3. The van der Waals surface area contributed by atoms with Gasteiger partial charge in [0, 0.05) is 13.1 Å². The Morgan fingerprint density at radius 1 is 1.32 bits per heavy atom. The maximum Gasteiger partial charge on any atom is 0.261 e. The van der Waals surface area contributed by atoms with Gasteiger partial charge in [-0.15, -0.1) is 0 Å². The topological polar surface area (TPSA) is 55.2 Å². The van der Waals surface area contributed by atoms with Gasteiger partial charge in [0.15, 0.2) is 0 Å². The Hall–Kier alpha value is -2.43. The SMILES string of the molecule is CC1=CCN(C(=O)[C@H](C)n2cnc3ccccc3c2=O)CC1. The van der Waals surface area contributed by atoms with Crippen molar-refractivity contribution in [3.8, 4) is 0 Å². The Bertz CT molecular complexity index is 807. The van der Waals surface area contributed by atoms with Gasteiger partial charge in [0.1, 0.15) is 6.04 Å². The summed E-state index contributed by atoms with van der Waals surface area (Å²) in [6.07, 6.45) is 4.43. The third-order valence-corrected chi connectivity index (χ3v) is 4.21. The molecule has 22 heavy (non-hydrogen) atoms. The molecule has 0 aliphatic carbocycles. The fourth-order valence-corrected chi connectivity index (χ4v) is 2.71. The molecule has 1 aliphatic rings. The van der Waals surface area contributed by atoms with Gasteiger partial charge in [-0.25, -0.2) is 4.98 Å². The quantitative estimate of drug-likeness (QED) is 0.798. The van der Waals surface area contributed by atoms with Gasteiger partial charge in [-0.2, -0.15) is 0 Å². The third kappa shape index (κ3) is 2.54. The Labute approximate surface area is 128 Å².